The molecule has 1 aliphatic heterocycles. The van der Waals surface area contributed by atoms with Crippen molar-refractivity contribution < 1.29 is 9.53 Å². The van der Waals surface area contributed by atoms with Crippen molar-refractivity contribution in [2.75, 3.05) is 46.8 Å². The minimum absolute atomic E-state index is 0.0984. The molecule has 0 spiro atoms. The highest BCUT2D eigenvalue weighted by molar-refractivity contribution is 5.68. The van der Waals surface area contributed by atoms with Gasteiger partial charge in [0.15, 0.2) is 5.65 Å². The van der Waals surface area contributed by atoms with Crippen molar-refractivity contribution in [3.63, 3.8) is 0 Å². The first kappa shape index (κ1) is 29.7. The fourth-order valence-corrected chi connectivity index (χ4v) is 5.39. The Morgan fingerprint density at radius 1 is 1.15 bits per heavy atom. The van der Waals surface area contributed by atoms with Gasteiger partial charge in [0.25, 0.3) is 0 Å². The van der Waals surface area contributed by atoms with Crippen LogP contribution >= 0.6 is 0 Å². The molecular formula is C32H46N6O2. The van der Waals surface area contributed by atoms with Crippen LogP contribution in [0, 0.1) is 13.8 Å². The van der Waals surface area contributed by atoms with Crippen molar-refractivity contribution in [3.8, 4) is 0 Å². The molecule has 8 nitrogen and oxygen atoms in total. The minimum atomic E-state index is -0.491. The Balaban J connectivity index is 1.38. The first-order chi connectivity index (χ1) is 18.9. The van der Waals surface area contributed by atoms with E-state index >= 15 is 0 Å². The number of fused-ring (bicyclic) bond motifs is 1. The summed E-state index contributed by atoms with van der Waals surface area (Å²) in [6, 6.07) is 11.0. The smallest absolute Gasteiger partial charge is 0.410 e. The molecule has 0 bridgehead atoms. The molecule has 1 aromatic carbocycles. The molecule has 216 valence electrons. The molecule has 3 aromatic rings. The van der Waals surface area contributed by atoms with Gasteiger partial charge in [-0.1, -0.05) is 43.3 Å². The minimum Gasteiger partial charge on any atom is -0.444 e. The Kier molecular flexibility index (Phi) is 9.31. The highest BCUT2D eigenvalue weighted by atomic mass is 16.6. The third kappa shape index (κ3) is 7.49. The number of rotatable bonds is 8. The molecule has 2 aromatic heterocycles. The molecule has 1 saturated heterocycles. The van der Waals surface area contributed by atoms with Crippen LogP contribution in [0.4, 0.5) is 4.79 Å². The number of benzene rings is 1. The van der Waals surface area contributed by atoms with Gasteiger partial charge in [-0.3, -0.25) is 4.90 Å². The number of hydrogen-bond acceptors (Lipinski definition) is 6. The first-order valence-electron chi connectivity index (χ1n) is 14.4. The van der Waals surface area contributed by atoms with E-state index in [0.29, 0.717) is 6.54 Å². The number of ether oxygens (including phenoxy) is 1. The lowest BCUT2D eigenvalue weighted by Crippen LogP contribution is -2.58. The largest absolute Gasteiger partial charge is 0.444 e. The Hall–Kier alpha value is -3.23. The van der Waals surface area contributed by atoms with Gasteiger partial charge in [0.2, 0.25) is 0 Å². The number of carbonyl (C=O) groups is 1. The lowest BCUT2D eigenvalue weighted by atomic mass is 10.0. The second-order valence-corrected chi connectivity index (χ2v) is 12.2. The second kappa shape index (κ2) is 12.5. The fourth-order valence-electron chi connectivity index (χ4n) is 5.39. The summed E-state index contributed by atoms with van der Waals surface area (Å²) in [5, 5.41) is 4.83. The predicted molar refractivity (Wildman–Crippen MR) is 162 cm³/mol. The van der Waals surface area contributed by atoms with Crippen LogP contribution in [-0.2, 0) is 17.6 Å². The number of hydrogen-bond donors (Lipinski definition) is 0. The zero-order valence-electron chi connectivity index (χ0n) is 25.6. The zero-order chi connectivity index (χ0) is 29.0. The summed E-state index contributed by atoms with van der Waals surface area (Å²) >= 11 is 0. The van der Waals surface area contributed by atoms with E-state index in [0.717, 1.165) is 61.7 Å². The average Bonchev–Trinajstić information content (AvgIpc) is 3.21. The molecule has 0 unspecified atom stereocenters. The van der Waals surface area contributed by atoms with E-state index in [1.165, 1.54) is 16.7 Å². The van der Waals surface area contributed by atoms with Crippen LogP contribution in [0.3, 0.4) is 0 Å². The molecule has 40 heavy (non-hydrogen) atoms. The van der Waals surface area contributed by atoms with Crippen LogP contribution in [0.2, 0.25) is 0 Å². The monoisotopic (exact) mass is 546 g/mol. The predicted octanol–water partition coefficient (Wildman–Crippen LogP) is 5.00. The van der Waals surface area contributed by atoms with Crippen LogP contribution < -0.4 is 0 Å². The number of likely N-dealkylation sites (N-methyl/N-ethyl adjacent to an activating group) is 1. The quantitative estimate of drug-likeness (QED) is 0.396. The van der Waals surface area contributed by atoms with Crippen LogP contribution in [0.1, 0.15) is 61.5 Å². The third-order valence-electron chi connectivity index (χ3n) is 7.21. The zero-order valence-corrected chi connectivity index (χ0v) is 25.6. The summed E-state index contributed by atoms with van der Waals surface area (Å²) in [5.74, 6) is 0. The number of aromatic nitrogens is 3. The summed E-state index contributed by atoms with van der Waals surface area (Å²) in [5.41, 5.74) is 7.39. The summed E-state index contributed by atoms with van der Waals surface area (Å²) in [6.45, 7) is 16.0. The van der Waals surface area contributed by atoms with Crippen LogP contribution in [-0.4, -0.2) is 93.9 Å². The number of piperazine rings is 1. The average molecular weight is 547 g/mol. The van der Waals surface area contributed by atoms with Crippen molar-refractivity contribution in [2.45, 2.75) is 66.0 Å². The van der Waals surface area contributed by atoms with Crippen LogP contribution in [0.5, 0.6) is 0 Å². The van der Waals surface area contributed by atoms with Crippen molar-refractivity contribution >= 4 is 17.8 Å². The van der Waals surface area contributed by atoms with Gasteiger partial charge in [-0.2, -0.15) is 5.10 Å². The van der Waals surface area contributed by atoms with Gasteiger partial charge in [0.05, 0.1) is 11.7 Å². The van der Waals surface area contributed by atoms with Gasteiger partial charge in [-0.15, -0.1) is 0 Å². The fraction of sp³-hybridized carbons (Fsp3) is 0.531. The van der Waals surface area contributed by atoms with E-state index in [9.17, 15) is 4.79 Å². The molecule has 0 radical (unpaired) electrons. The van der Waals surface area contributed by atoms with E-state index in [1.807, 2.05) is 51.2 Å². The highest BCUT2D eigenvalue weighted by Gasteiger charge is 2.33. The molecule has 1 amide bonds. The van der Waals surface area contributed by atoms with E-state index in [-0.39, 0.29) is 12.1 Å². The molecule has 1 aliphatic rings. The molecule has 0 aliphatic carbocycles. The van der Waals surface area contributed by atoms with Gasteiger partial charge in [-0.05, 0) is 72.3 Å². The van der Waals surface area contributed by atoms with Crippen molar-refractivity contribution in [3.05, 3.63) is 70.2 Å². The summed E-state index contributed by atoms with van der Waals surface area (Å²) in [4.78, 5) is 24.1. The van der Waals surface area contributed by atoms with Crippen molar-refractivity contribution in [1.29, 1.82) is 0 Å². The lowest BCUT2D eigenvalue weighted by Gasteiger charge is -2.42. The van der Waals surface area contributed by atoms with Crippen LogP contribution in [0.15, 0.2) is 36.4 Å². The third-order valence-corrected chi connectivity index (χ3v) is 7.21. The van der Waals surface area contributed by atoms with Gasteiger partial charge < -0.3 is 14.5 Å². The van der Waals surface area contributed by atoms with Crippen LogP contribution in [0.25, 0.3) is 11.7 Å². The summed E-state index contributed by atoms with van der Waals surface area (Å²) < 4.78 is 7.66. The molecule has 1 atom stereocenters. The Bertz CT molecular complexity index is 1340. The normalized spacial score (nSPS) is 16.9. The van der Waals surface area contributed by atoms with Crippen molar-refractivity contribution in [2.24, 2.45) is 0 Å². The van der Waals surface area contributed by atoms with Gasteiger partial charge in [0.1, 0.15) is 5.60 Å². The molecule has 4 rings (SSSR count). The molecule has 8 heteroatoms. The Labute approximate surface area is 239 Å². The van der Waals surface area contributed by atoms with E-state index in [2.05, 4.69) is 66.1 Å². The molecule has 3 heterocycles. The van der Waals surface area contributed by atoms with E-state index in [4.69, 9.17) is 14.8 Å². The van der Waals surface area contributed by atoms with Gasteiger partial charge in [0, 0.05) is 56.1 Å². The molecular weight excluding hydrogens is 500 g/mol. The second-order valence-electron chi connectivity index (χ2n) is 12.2. The molecule has 0 N–H and O–H groups in total. The standard InChI is InChI=1S/C32H46N6O2/c1-9-29-28(30-33-23(2)19-24(3)38(30)34-29)20-26-14-12-25(13-15-26)11-10-16-36-17-18-37(27(22-36)21-35(7)8)31(39)40-32(4,5)6/h10-15,19,27H,9,16-18,20-22H2,1-8H3/t27-/m0/s1. The molecule has 1 fully saturated rings. The maximum absolute atomic E-state index is 12.8. The van der Waals surface area contributed by atoms with Gasteiger partial charge >= 0.3 is 6.09 Å². The van der Waals surface area contributed by atoms with Crippen molar-refractivity contribution in [1.82, 2.24) is 29.3 Å². The first-order valence-corrected chi connectivity index (χ1v) is 14.4. The number of aryl methyl sites for hydroxylation is 3. The highest BCUT2D eigenvalue weighted by Crippen LogP contribution is 2.22. The van der Waals surface area contributed by atoms with E-state index < -0.39 is 5.60 Å². The van der Waals surface area contributed by atoms with E-state index in [1.54, 1.807) is 0 Å². The number of nitrogens with zero attached hydrogens (tertiary/aromatic N) is 6. The molecule has 0 saturated carbocycles. The maximum Gasteiger partial charge on any atom is 0.410 e. The maximum atomic E-state index is 12.8. The van der Waals surface area contributed by atoms with Gasteiger partial charge in [-0.25, -0.2) is 14.3 Å². The summed E-state index contributed by atoms with van der Waals surface area (Å²) in [7, 11) is 4.10. The number of carbonyl (C=O) groups excluding carboxylic acids is 1. The Morgan fingerprint density at radius 3 is 2.52 bits per heavy atom. The summed E-state index contributed by atoms with van der Waals surface area (Å²) in [6.07, 6.45) is 5.90. The SMILES string of the molecule is CCc1nn2c(C)cc(C)nc2c1Cc1ccc(C=CCN2CCN(C(=O)OC(C)(C)C)[C@@H](CN(C)C)C2)cc1. The number of amides is 1. The lowest BCUT2D eigenvalue weighted by molar-refractivity contribution is -0.00366. The topological polar surface area (TPSA) is 66.2 Å². The Morgan fingerprint density at radius 2 is 1.88 bits per heavy atom.